The maximum atomic E-state index is 11.9. The first-order valence-electron chi connectivity index (χ1n) is 6.01. The van der Waals surface area contributed by atoms with Crippen molar-refractivity contribution in [3.63, 3.8) is 0 Å². The van der Waals surface area contributed by atoms with Crippen molar-refractivity contribution in [2.45, 2.75) is 12.5 Å². The van der Waals surface area contributed by atoms with Crippen molar-refractivity contribution in [1.29, 1.82) is 0 Å². The quantitative estimate of drug-likeness (QED) is 0.901. The molecule has 0 aliphatic rings. The van der Waals surface area contributed by atoms with Gasteiger partial charge in [0.05, 0.1) is 6.04 Å². The molecule has 2 rings (SSSR count). The number of carbonyl (C=O) groups is 1. The Hall–Kier alpha value is -1.84. The highest BCUT2D eigenvalue weighted by atomic mass is 35.5. The summed E-state index contributed by atoms with van der Waals surface area (Å²) in [7, 11) is 0. The molecule has 2 aromatic rings. The summed E-state index contributed by atoms with van der Waals surface area (Å²) < 4.78 is 0. The van der Waals surface area contributed by atoms with E-state index < -0.39 is 6.04 Å². The lowest BCUT2D eigenvalue weighted by atomic mass is 10.1. The van der Waals surface area contributed by atoms with Gasteiger partial charge in [-0.3, -0.25) is 4.79 Å². The van der Waals surface area contributed by atoms with Gasteiger partial charge in [-0.2, -0.15) is 0 Å². The number of halogens is 1. The number of rotatable bonds is 4. The number of benzene rings is 2. The minimum absolute atomic E-state index is 0.217. The number of nitrogens with two attached hydrogens (primary N) is 1. The third-order valence-electron chi connectivity index (χ3n) is 2.73. The van der Waals surface area contributed by atoms with E-state index in [-0.39, 0.29) is 5.91 Å². The summed E-state index contributed by atoms with van der Waals surface area (Å²) >= 11 is 5.86. The summed E-state index contributed by atoms with van der Waals surface area (Å²) in [5, 5.41) is 3.33. The van der Waals surface area contributed by atoms with Gasteiger partial charge in [0.15, 0.2) is 0 Å². The normalized spacial score (nSPS) is 11.9. The Morgan fingerprint density at radius 2 is 1.89 bits per heavy atom. The fraction of sp³-hybridized carbons (Fsp3) is 0.133. The largest absolute Gasteiger partial charge is 0.325 e. The second-order valence-corrected chi connectivity index (χ2v) is 4.73. The predicted molar refractivity (Wildman–Crippen MR) is 78.2 cm³/mol. The zero-order valence-corrected chi connectivity index (χ0v) is 11.1. The lowest BCUT2D eigenvalue weighted by molar-refractivity contribution is -0.117. The Morgan fingerprint density at radius 1 is 1.16 bits per heavy atom. The van der Waals surface area contributed by atoms with Crippen LogP contribution in [0.25, 0.3) is 0 Å². The molecule has 19 heavy (non-hydrogen) atoms. The molecule has 3 nitrogen and oxygen atoms in total. The summed E-state index contributed by atoms with van der Waals surface area (Å²) in [6.07, 6.45) is 0.507. The van der Waals surface area contributed by atoms with E-state index in [0.29, 0.717) is 17.1 Å². The molecule has 2 aromatic carbocycles. The number of anilines is 1. The van der Waals surface area contributed by atoms with Gasteiger partial charge in [0, 0.05) is 10.7 Å². The van der Waals surface area contributed by atoms with Crippen molar-refractivity contribution in [2.24, 2.45) is 5.73 Å². The van der Waals surface area contributed by atoms with Gasteiger partial charge in [-0.25, -0.2) is 0 Å². The molecule has 1 atom stereocenters. The molecule has 0 bridgehead atoms. The van der Waals surface area contributed by atoms with Crippen LogP contribution in [0.3, 0.4) is 0 Å². The average Bonchev–Trinajstić information content (AvgIpc) is 2.40. The van der Waals surface area contributed by atoms with Crippen LogP contribution < -0.4 is 11.1 Å². The zero-order chi connectivity index (χ0) is 13.7. The first-order chi connectivity index (χ1) is 9.15. The second kappa shape index (κ2) is 6.36. The molecule has 0 saturated carbocycles. The van der Waals surface area contributed by atoms with Gasteiger partial charge in [-0.05, 0) is 30.2 Å². The number of carbonyl (C=O) groups excluding carboxylic acids is 1. The van der Waals surface area contributed by atoms with Crippen molar-refractivity contribution in [1.82, 2.24) is 0 Å². The van der Waals surface area contributed by atoms with E-state index in [0.717, 1.165) is 5.56 Å². The maximum Gasteiger partial charge on any atom is 0.241 e. The van der Waals surface area contributed by atoms with E-state index >= 15 is 0 Å². The molecule has 0 aliphatic heterocycles. The van der Waals surface area contributed by atoms with Crippen LogP contribution in [-0.4, -0.2) is 11.9 Å². The van der Waals surface area contributed by atoms with Gasteiger partial charge >= 0.3 is 0 Å². The van der Waals surface area contributed by atoms with E-state index in [4.69, 9.17) is 17.3 Å². The molecule has 98 valence electrons. The third kappa shape index (κ3) is 4.09. The molecule has 3 N–H and O–H groups in total. The van der Waals surface area contributed by atoms with E-state index in [2.05, 4.69) is 5.32 Å². The number of hydrogen-bond acceptors (Lipinski definition) is 2. The topological polar surface area (TPSA) is 55.1 Å². The lowest BCUT2D eigenvalue weighted by Crippen LogP contribution is -2.37. The Morgan fingerprint density at radius 3 is 2.58 bits per heavy atom. The fourth-order valence-electron chi connectivity index (χ4n) is 1.76. The van der Waals surface area contributed by atoms with Crippen molar-refractivity contribution in [3.8, 4) is 0 Å². The first kappa shape index (κ1) is 13.6. The summed E-state index contributed by atoms with van der Waals surface area (Å²) in [5.41, 5.74) is 7.58. The van der Waals surface area contributed by atoms with E-state index in [1.165, 1.54) is 0 Å². The molecule has 0 fully saturated rings. The van der Waals surface area contributed by atoms with Crippen LogP contribution in [0, 0.1) is 0 Å². The van der Waals surface area contributed by atoms with Gasteiger partial charge in [0.25, 0.3) is 0 Å². The summed E-state index contributed by atoms with van der Waals surface area (Å²) in [6, 6.07) is 16.1. The molecule has 0 heterocycles. The molecular weight excluding hydrogens is 260 g/mol. The van der Waals surface area contributed by atoms with Gasteiger partial charge in [0.1, 0.15) is 0 Å². The van der Waals surface area contributed by atoms with Gasteiger partial charge in [-0.15, -0.1) is 0 Å². The number of amides is 1. The van der Waals surface area contributed by atoms with E-state index in [1.54, 1.807) is 24.3 Å². The van der Waals surface area contributed by atoms with Crippen molar-refractivity contribution in [3.05, 3.63) is 65.2 Å². The minimum atomic E-state index is -0.582. The second-order valence-electron chi connectivity index (χ2n) is 4.30. The van der Waals surface area contributed by atoms with Gasteiger partial charge < -0.3 is 11.1 Å². The average molecular weight is 275 g/mol. The lowest BCUT2D eigenvalue weighted by Gasteiger charge is -2.12. The monoisotopic (exact) mass is 274 g/mol. The molecule has 0 aliphatic carbocycles. The molecule has 0 radical (unpaired) electrons. The van der Waals surface area contributed by atoms with Crippen LogP contribution in [0.15, 0.2) is 54.6 Å². The molecule has 1 amide bonds. The van der Waals surface area contributed by atoms with Crippen LogP contribution in [0.5, 0.6) is 0 Å². The Balaban J connectivity index is 1.96. The molecular formula is C15H15ClN2O. The standard InChI is InChI=1S/C15H15ClN2O/c16-12-7-4-8-13(10-12)18-15(19)14(17)9-11-5-2-1-3-6-11/h1-8,10,14H,9,17H2,(H,18,19)/t14-/m0/s1. The van der Waals surface area contributed by atoms with Crippen LogP contribution in [0.4, 0.5) is 5.69 Å². The third-order valence-corrected chi connectivity index (χ3v) is 2.96. The Bertz CT molecular complexity index is 557. The zero-order valence-electron chi connectivity index (χ0n) is 10.3. The van der Waals surface area contributed by atoms with Crippen molar-refractivity contribution < 1.29 is 4.79 Å². The smallest absolute Gasteiger partial charge is 0.241 e. The SMILES string of the molecule is N[C@@H](Cc1ccccc1)C(=O)Nc1cccc(Cl)c1. The maximum absolute atomic E-state index is 11.9. The van der Waals surface area contributed by atoms with Gasteiger partial charge in [-0.1, -0.05) is 48.0 Å². The summed E-state index contributed by atoms with van der Waals surface area (Å²) in [5.74, 6) is -0.217. The van der Waals surface area contributed by atoms with E-state index in [9.17, 15) is 4.79 Å². The minimum Gasteiger partial charge on any atom is -0.325 e. The van der Waals surface area contributed by atoms with Crippen molar-refractivity contribution in [2.75, 3.05) is 5.32 Å². The highest BCUT2D eigenvalue weighted by molar-refractivity contribution is 6.30. The fourth-order valence-corrected chi connectivity index (χ4v) is 1.95. The molecule has 0 spiro atoms. The Labute approximate surface area is 117 Å². The van der Waals surface area contributed by atoms with Crippen LogP contribution in [0.2, 0.25) is 5.02 Å². The molecule has 4 heteroatoms. The summed E-state index contributed by atoms with van der Waals surface area (Å²) in [4.78, 5) is 11.9. The molecule has 0 aromatic heterocycles. The highest BCUT2D eigenvalue weighted by Crippen LogP contribution is 2.15. The highest BCUT2D eigenvalue weighted by Gasteiger charge is 2.14. The van der Waals surface area contributed by atoms with E-state index in [1.807, 2.05) is 30.3 Å². The molecule has 0 unspecified atom stereocenters. The predicted octanol–water partition coefficient (Wildman–Crippen LogP) is 2.85. The molecule has 0 saturated heterocycles. The number of nitrogens with one attached hydrogen (secondary N) is 1. The first-order valence-corrected chi connectivity index (χ1v) is 6.39. The van der Waals surface area contributed by atoms with Crippen LogP contribution in [-0.2, 0) is 11.2 Å². The Kier molecular flexibility index (Phi) is 4.55. The van der Waals surface area contributed by atoms with Crippen LogP contribution in [0.1, 0.15) is 5.56 Å². The van der Waals surface area contributed by atoms with Crippen LogP contribution >= 0.6 is 11.6 Å². The number of hydrogen-bond donors (Lipinski definition) is 2. The van der Waals surface area contributed by atoms with Gasteiger partial charge in [0.2, 0.25) is 5.91 Å². The van der Waals surface area contributed by atoms with Crippen molar-refractivity contribution >= 4 is 23.2 Å². The summed E-state index contributed by atoms with van der Waals surface area (Å²) in [6.45, 7) is 0.